The van der Waals surface area contributed by atoms with Crippen LogP contribution in [0.4, 0.5) is 0 Å². The second kappa shape index (κ2) is 16.7. The lowest BCUT2D eigenvalue weighted by atomic mass is 9.53. The first kappa shape index (κ1) is 42.9. The summed E-state index contributed by atoms with van der Waals surface area (Å²) >= 11 is 0. The van der Waals surface area contributed by atoms with Crippen LogP contribution in [-0.4, -0.2) is 130 Å². The Morgan fingerprint density at radius 3 is 1.69 bits per heavy atom. The van der Waals surface area contributed by atoms with Crippen LogP contribution in [0, 0.1) is 33.5 Å². The van der Waals surface area contributed by atoms with E-state index in [0.29, 0.717) is 96.5 Å². The van der Waals surface area contributed by atoms with Gasteiger partial charge in [-0.2, -0.15) is 0 Å². The molecule has 4 bridgehead atoms. The summed E-state index contributed by atoms with van der Waals surface area (Å²) in [6, 6.07) is 20.2. The highest BCUT2D eigenvalue weighted by atomic mass is 16.7. The predicted octanol–water partition coefficient (Wildman–Crippen LogP) is 4.70. The van der Waals surface area contributed by atoms with E-state index in [2.05, 4.69) is 49.6 Å². The lowest BCUT2D eigenvalue weighted by molar-refractivity contribution is -0.286. The van der Waals surface area contributed by atoms with Crippen LogP contribution >= 0.6 is 0 Å². The molecule has 6 fully saturated rings. The molecule has 5 atom stereocenters. The van der Waals surface area contributed by atoms with Gasteiger partial charge in [0.1, 0.15) is 10.8 Å². The van der Waals surface area contributed by atoms with Gasteiger partial charge in [0.25, 0.3) is 0 Å². The highest BCUT2D eigenvalue weighted by molar-refractivity contribution is 6.08. The molecule has 0 amide bonds. The summed E-state index contributed by atoms with van der Waals surface area (Å²) in [5.41, 5.74) is -1.37. The number of hydrogen-bond donors (Lipinski definition) is 1. The number of ether oxygens (including phenoxy) is 6. The van der Waals surface area contributed by atoms with Crippen LogP contribution < -0.4 is 0 Å². The SMILES string of the molecule is COC(=O)C12CN(CC(C)C)CC(Cc3ccccc3)(CC3(C1)OCCO3)C2=O.COC(=O)C12CN(CC(C)C)CC(Cc3ccccc3)(CC3(C1)OCCO3)C2O. The van der Waals surface area contributed by atoms with Gasteiger partial charge in [-0.05, 0) is 35.8 Å². The number of esters is 2. The number of Topliss-reactive ketones (excluding diaryl/α,β-unsaturated/α-hetero) is 1. The Hall–Kier alpha value is -3.23. The number of methoxy groups -OCH3 is 2. The molecule has 8 rings (SSSR count). The van der Waals surface area contributed by atoms with Crippen LogP contribution in [0.2, 0.25) is 0 Å². The standard InChI is InChI=1S/C23H33NO5.C23H31NO5/c2*1-17(2)12-24-15-21(11-18-7-5-4-6-8-18)13-23(28-9-10-29-23)14-22(16-24,19(21)25)20(26)27-3/h4-8,17,19,25H,9-16H2,1-3H3;4-8,17H,9-16H2,1-3H3. The van der Waals surface area contributed by atoms with Gasteiger partial charge in [0.2, 0.25) is 0 Å². The summed E-state index contributed by atoms with van der Waals surface area (Å²) in [6.07, 6.45) is 2.02. The average molecular weight is 805 g/mol. The van der Waals surface area contributed by atoms with E-state index in [1.807, 2.05) is 48.5 Å². The first-order valence-electron chi connectivity index (χ1n) is 21.1. The van der Waals surface area contributed by atoms with Crippen LogP contribution in [0.3, 0.4) is 0 Å². The number of carbonyl (C=O) groups is 3. The smallest absolute Gasteiger partial charge is 0.320 e. The number of aliphatic hydroxyl groups is 1. The minimum atomic E-state index is -1.25. The van der Waals surface area contributed by atoms with Crippen molar-refractivity contribution in [3.05, 3.63) is 71.8 Å². The molecule has 2 aromatic rings. The number of ketones is 1. The van der Waals surface area contributed by atoms with Gasteiger partial charge in [-0.25, -0.2) is 0 Å². The van der Waals surface area contributed by atoms with Crippen molar-refractivity contribution in [1.29, 1.82) is 0 Å². The Balaban J connectivity index is 0.000000177. The van der Waals surface area contributed by atoms with Crippen molar-refractivity contribution >= 4 is 17.7 Å². The molecule has 0 radical (unpaired) electrons. The number of fused-ring (bicyclic) bond motifs is 4. The fraction of sp³-hybridized carbons (Fsp3) is 0.674. The maximum atomic E-state index is 14.0. The summed E-state index contributed by atoms with van der Waals surface area (Å²) in [5.74, 6) is -1.67. The average Bonchev–Trinajstić information content (AvgIpc) is 3.83. The Bertz CT molecular complexity index is 1760. The number of benzene rings is 2. The van der Waals surface area contributed by atoms with E-state index >= 15 is 0 Å². The van der Waals surface area contributed by atoms with Crippen molar-refractivity contribution in [2.45, 2.75) is 83.9 Å². The maximum absolute atomic E-state index is 14.0. The number of hydrogen-bond acceptors (Lipinski definition) is 12. The zero-order valence-corrected chi connectivity index (χ0v) is 35.3. The first-order valence-corrected chi connectivity index (χ1v) is 21.1. The van der Waals surface area contributed by atoms with Gasteiger partial charge in [0.05, 0.1) is 52.2 Å². The van der Waals surface area contributed by atoms with Crippen molar-refractivity contribution in [1.82, 2.24) is 9.80 Å². The minimum Gasteiger partial charge on any atom is -0.468 e. The van der Waals surface area contributed by atoms with Crippen molar-refractivity contribution in [3.63, 3.8) is 0 Å². The third-order valence-electron chi connectivity index (χ3n) is 13.3. The Kier molecular flexibility index (Phi) is 12.3. The molecule has 2 aromatic carbocycles. The zero-order chi connectivity index (χ0) is 41.4. The second-order valence-corrected chi connectivity index (χ2v) is 19.0. The van der Waals surface area contributed by atoms with Gasteiger partial charge in [-0.15, -0.1) is 0 Å². The van der Waals surface area contributed by atoms with Crippen LogP contribution in [0.25, 0.3) is 0 Å². The topological polar surface area (TPSA) is 133 Å². The molecule has 12 nitrogen and oxygen atoms in total. The van der Waals surface area contributed by atoms with Crippen LogP contribution in [-0.2, 0) is 55.6 Å². The third kappa shape index (κ3) is 8.02. The van der Waals surface area contributed by atoms with Crippen molar-refractivity contribution in [3.8, 4) is 0 Å². The maximum Gasteiger partial charge on any atom is 0.320 e. The molecule has 12 heteroatoms. The fourth-order valence-corrected chi connectivity index (χ4v) is 11.8. The molecule has 2 saturated carbocycles. The van der Waals surface area contributed by atoms with Crippen molar-refractivity contribution in [2.75, 3.05) is 79.9 Å². The van der Waals surface area contributed by atoms with Gasteiger partial charge in [0.15, 0.2) is 17.4 Å². The zero-order valence-electron chi connectivity index (χ0n) is 35.3. The van der Waals surface area contributed by atoms with Crippen molar-refractivity contribution < 1.29 is 47.9 Å². The molecule has 318 valence electrons. The summed E-state index contributed by atoms with van der Waals surface area (Å²) in [4.78, 5) is 44.8. The summed E-state index contributed by atoms with van der Waals surface area (Å²) < 4.78 is 34.8. The van der Waals surface area contributed by atoms with Gasteiger partial charge in [-0.1, -0.05) is 88.4 Å². The normalized spacial score (nSPS) is 32.6. The number of piperidine rings is 2. The van der Waals surface area contributed by atoms with E-state index in [-0.39, 0.29) is 18.2 Å². The summed E-state index contributed by atoms with van der Waals surface area (Å²) in [6.45, 7) is 14.5. The number of rotatable bonds is 10. The molecule has 1 N–H and O–H groups in total. The Morgan fingerprint density at radius 1 is 0.672 bits per heavy atom. The van der Waals surface area contributed by atoms with Gasteiger partial charge in [0, 0.05) is 70.4 Å². The quantitative estimate of drug-likeness (QED) is 0.264. The lowest BCUT2D eigenvalue weighted by Crippen LogP contribution is -2.72. The molecule has 4 aliphatic heterocycles. The molecular formula is C46H64N2O10. The number of carbonyl (C=O) groups excluding carboxylic acids is 3. The fourth-order valence-electron chi connectivity index (χ4n) is 11.8. The molecule has 4 heterocycles. The first-order chi connectivity index (χ1) is 27.7. The Morgan fingerprint density at radius 2 is 1.17 bits per heavy atom. The highest BCUT2D eigenvalue weighted by Crippen LogP contribution is 2.59. The number of nitrogens with zero attached hydrogens (tertiary/aromatic N) is 2. The van der Waals surface area contributed by atoms with E-state index in [1.165, 1.54) is 14.2 Å². The third-order valence-corrected chi connectivity index (χ3v) is 13.3. The van der Waals surface area contributed by atoms with Crippen molar-refractivity contribution in [2.24, 2.45) is 33.5 Å². The lowest BCUT2D eigenvalue weighted by Gasteiger charge is -2.61. The molecule has 5 unspecified atom stereocenters. The van der Waals surface area contributed by atoms with Crippen LogP contribution in [0.1, 0.15) is 64.5 Å². The van der Waals surface area contributed by atoms with Gasteiger partial charge in [-0.3, -0.25) is 14.4 Å². The highest BCUT2D eigenvalue weighted by Gasteiger charge is 2.71. The molecule has 4 saturated heterocycles. The molecule has 0 aromatic heterocycles. The van der Waals surface area contributed by atoms with E-state index in [9.17, 15) is 19.5 Å². The monoisotopic (exact) mass is 804 g/mol. The number of aliphatic hydroxyl groups excluding tert-OH is 1. The molecular weight excluding hydrogens is 741 g/mol. The summed E-state index contributed by atoms with van der Waals surface area (Å²) in [7, 11) is 2.77. The molecule has 2 spiro atoms. The van der Waals surface area contributed by atoms with Gasteiger partial charge >= 0.3 is 11.9 Å². The van der Waals surface area contributed by atoms with Crippen LogP contribution in [0.15, 0.2) is 60.7 Å². The van der Waals surface area contributed by atoms with E-state index < -0.39 is 45.3 Å². The van der Waals surface area contributed by atoms with E-state index in [4.69, 9.17) is 28.4 Å². The molecule has 58 heavy (non-hydrogen) atoms. The summed E-state index contributed by atoms with van der Waals surface area (Å²) in [5, 5.41) is 11.7. The van der Waals surface area contributed by atoms with E-state index in [1.54, 1.807) is 0 Å². The van der Waals surface area contributed by atoms with Crippen LogP contribution in [0.5, 0.6) is 0 Å². The molecule has 6 aliphatic rings. The molecule has 2 aliphatic carbocycles. The minimum absolute atomic E-state index is 0.00886. The number of likely N-dealkylation sites (tertiary alicyclic amines) is 2. The predicted molar refractivity (Wildman–Crippen MR) is 215 cm³/mol. The largest absolute Gasteiger partial charge is 0.468 e. The Labute approximate surface area is 343 Å². The second-order valence-electron chi connectivity index (χ2n) is 19.0. The van der Waals surface area contributed by atoms with Gasteiger partial charge < -0.3 is 43.3 Å². The van der Waals surface area contributed by atoms with E-state index in [0.717, 1.165) is 24.2 Å².